The van der Waals surface area contributed by atoms with Gasteiger partial charge in [0.25, 0.3) is 5.91 Å². The van der Waals surface area contributed by atoms with E-state index >= 15 is 0 Å². The molecule has 1 unspecified atom stereocenters. The maximum Gasteiger partial charge on any atom is 0.277 e. The molecule has 27 heavy (non-hydrogen) atoms. The van der Waals surface area contributed by atoms with Gasteiger partial charge in [0.2, 0.25) is 0 Å². The minimum absolute atomic E-state index is 0. The first-order valence-electron chi connectivity index (χ1n) is 8.94. The Hall–Kier alpha value is -1.83. The fourth-order valence-corrected chi connectivity index (χ4v) is 3.33. The van der Waals surface area contributed by atoms with Gasteiger partial charge in [0.05, 0.1) is 17.6 Å². The summed E-state index contributed by atoms with van der Waals surface area (Å²) in [5.74, 6) is -0.294. The van der Waals surface area contributed by atoms with Crippen molar-refractivity contribution in [2.45, 2.75) is 38.3 Å². The molecule has 2 heterocycles. The number of aryl methyl sites for hydroxylation is 1. The lowest BCUT2D eigenvalue weighted by atomic mass is 10.0. The first-order chi connectivity index (χ1) is 12.5. The van der Waals surface area contributed by atoms with Gasteiger partial charge in [-0.15, -0.1) is 17.5 Å². The van der Waals surface area contributed by atoms with E-state index in [1.165, 1.54) is 19.3 Å². The first kappa shape index (κ1) is 21.5. The Balaban J connectivity index is 0.00000261. The van der Waals surface area contributed by atoms with Crippen molar-refractivity contribution in [3.8, 4) is 0 Å². The minimum Gasteiger partial charge on any atom is -0.376 e. The van der Waals surface area contributed by atoms with Gasteiger partial charge >= 0.3 is 0 Å². The maximum absolute atomic E-state index is 12.5. The second-order valence-electron chi connectivity index (χ2n) is 6.81. The molecule has 3 rings (SSSR count). The molecule has 1 amide bonds. The number of aromatic nitrogens is 3. The van der Waals surface area contributed by atoms with Crippen molar-refractivity contribution in [3.63, 3.8) is 0 Å². The Morgan fingerprint density at radius 3 is 2.93 bits per heavy atom. The van der Waals surface area contributed by atoms with Crippen molar-refractivity contribution in [1.82, 2.24) is 20.3 Å². The van der Waals surface area contributed by atoms with Gasteiger partial charge in [0.1, 0.15) is 0 Å². The summed E-state index contributed by atoms with van der Waals surface area (Å²) in [6, 6.07) is 5.92. The smallest absolute Gasteiger partial charge is 0.277 e. The lowest BCUT2D eigenvalue weighted by Crippen LogP contribution is -2.34. The van der Waals surface area contributed by atoms with Gasteiger partial charge < -0.3 is 15.5 Å². The molecule has 7 nitrogen and oxygen atoms in total. The van der Waals surface area contributed by atoms with E-state index < -0.39 is 0 Å². The third-order valence-corrected chi connectivity index (χ3v) is 4.81. The molecule has 9 heteroatoms. The summed E-state index contributed by atoms with van der Waals surface area (Å²) in [6.07, 6.45) is 6.41. The molecule has 1 aromatic heterocycles. The molecular weight excluding hydrogens is 387 g/mol. The zero-order chi connectivity index (χ0) is 18.5. The molecule has 1 fully saturated rings. The highest BCUT2D eigenvalue weighted by molar-refractivity contribution is 6.31. The topological polar surface area (TPSA) is 75.1 Å². The van der Waals surface area contributed by atoms with E-state index in [9.17, 15) is 4.79 Å². The zero-order valence-corrected chi connectivity index (χ0v) is 17.2. The van der Waals surface area contributed by atoms with Crippen molar-refractivity contribution >= 4 is 41.3 Å². The number of benzene rings is 1. The molecule has 2 N–H and O–H groups in total. The zero-order valence-electron chi connectivity index (χ0n) is 15.6. The van der Waals surface area contributed by atoms with Crippen LogP contribution in [0, 0.1) is 0 Å². The molecule has 0 radical (unpaired) electrons. The Morgan fingerprint density at radius 2 is 2.22 bits per heavy atom. The van der Waals surface area contributed by atoms with Crippen LogP contribution in [0.25, 0.3) is 0 Å². The highest BCUT2D eigenvalue weighted by Crippen LogP contribution is 2.28. The third-order valence-electron chi connectivity index (χ3n) is 4.58. The van der Waals surface area contributed by atoms with Crippen molar-refractivity contribution < 1.29 is 4.79 Å². The number of anilines is 2. The number of carbonyl (C=O) groups is 1. The number of piperidine rings is 1. The van der Waals surface area contributed by atoms with Crippen LogP contribution >= 0.6 is 24.0 Å². The second kappa shape index (κ2) is 9.92. The fourth-order valence-electron chi connectivity index (χ4n) is 3.15. The van der Waals surface area contributed by atoms with E-state index in [-0.39, 0.29) is 18.3 Å². The summed E-state index contributed by atoms with van der Waals surface area (Å²) >= 11 is 6.06. The summed E-state index contributed by atoms with van der Waals surface area (Å²) in [5.41, 5.74) is 1.82. The maximum atomic E-state index is 12.5. The predicted octanol–water partition coefficient (Wildman–Crippen LogP) is 3.20. The normalized spacial score (nSPS) is 16.5. The molecule has 0 spiro atoms. The van der Waals surface area contributed by atoms with Crippen molar-refractivity contribution in [1.29, 1.82) is 0 Å². The minimum atomic E-state index is -0.294. The van der Waals surface area contributed by atoms with Gasteiger partial charge in [-0.1, -0.05) is 23.2 Å². The van der Waals surface area contributed by atoms with Crippen LogP contribution in [0.1, 0.15) is 36.2 Å². The van der Waals surface area contributed by atoms with Crippen LogP contribution in [0.5, 0.6) is 0 Å². The Morgan fingerprint density at radius 1 is 1.41 bits per heavy atom. The summed E-state index contributed by atoms with van der Waals surface area (Å²) in [5, 5.41) is 15.0. The van der Waals surface area contributed by atoms with Gasteiger partial charge in [-0.25, -0.2) is 0 Å². The van der Waals surface area contributed by atoms with Crippen LogP contribution < -0.4 is 15.5 Å². The van der Waals surface area contributed by atoms with E-state index in [0.717, 1.165) is 25.2 Å². The van der Waals surface area contributed by atoms with Gasteiger partial charge in [-0.3, -0.25) is 9.48 Å². The van der Waals surface area contributed by atoms with E-state index in [2.05, 4.69) is 20.9 Å². The number of rotatable bonds is 6. The van der Waals surface area contributed by atoms with Gasteiger partial charge in [-0.05, 0) is 44.0 Å². The van der Waals surface area contributed by atoms with Crippen LogP contribution in [-0.2, 0) is 6.54 Å². The first-order valence-corrected chi connectivity index (χ1v) is 9.32. The van der Waals surface area contributed by atoms with Crippen LogP contribution in [0.4, 0.5) is 11.4 Å². The van der Waals surface area contributed by atoms with E-state index in [4.69, 9.17) is 11.6 Å². The van der Waals surface area contributed by atoms with Gasteiger partial charge in [0, 0.05) is 31.7 Å². The summed E-state index contributed by atoms with van der Waals surface area (Å²) in [6.45, 7) is 1.83. The molecule has 1 aliphatic rings. The number of hydrogen-bond donors (Lipinski definition) is 2. The average Bonchev–Trinajstić information content (AvgIpc) is 3.10. The molecule has 1 aromatic carbocycles. The van der Waals surface area contributed by atoms with Crippen LogP contribution in [0.3, 0.4) is 0 Å². The standard InChI is InChI=1S/C18H25ClN6O.ClH/c1-24(2)17-7-6-13(19)11-15(17)21-18(26)16-12-25(23-22-16)10-8-14-5-3-4-9-20-14;/h6-7,11-12,14,20H,3-5,8-10H2,1-2H3,(H,21,26);1H. The molecule has 0 bridgehead atoms. The summed E-state index contributed by atoms with van der Waals surface area (Å²) < 4.78 is 1.73. The predicted molar refractivity (Wildman–Crippen MR) is 111 cm³/mol. The largest absolute Gasteiger partial charge is 0.376 e. The highest BCUT2D eigenvalue weighted by atomic mass is 35.5. The SMILES string of the molecule is CN(C)c1ccc(Cl)cc1NC(=O)c1cn(CCC2CCCCN2)nn1.Cl. The molecule has 1 aliphatic heterocycles. The van der Waals surface area contributed by atoms with E-state index in [1.807, 2.05) is 25.1 Å². The van der Waals surface area contributed by atoms with Crippen molar-refractivity contribution in [3.05, 3.63) is 35.1 Å². The molecule has 1 atom stereocenters. The number of nitrogens with one attached hydrogen (secondary N) is 2. The van der Waals surface area contributed by atoms with Crippen molar-refractivity contribution in [2.24, 2.45) is 0 Å². The van der Waals surface area contributed by atoms with Gasteiger partial charge in [0.15, 0.2) is 5.69 Å². The summed E-state index contributed by atoms with van der Waals surface area (Å²) in [4.78, 5) is 14.4. The quantitative estimate of drug-likeness (QED) is 0.761. The molecule has 2 aromatic rings. The lowest BCUT2D eigenvalue weighted by Gasteiger charge is -2.23. The van der Waals surface area contributed by atoms with Gasteiger partial charge in [-0.2, -0.15) is 0 Å². The van der Waals surface area contributed by atoms with E-state index in [1.54, 1.807) is 23.0 Å². The summed E-state index contributed by atoms with van der Waals surface area (Å²) in [7, 11) is 3.82. The van der Waals surface area contributed by atoms with Crippen LogP contribution in [0.2, 0.25) is 5.02 Å². The molecule has 148 valence electrons. The Labute approximate surface area is 170 Å². The monoisotopic (exact) mass is 412 g/mol. The second-order valence-corrected chi connectivity index (χ2v) is 7.25. The average molecular weight is 413 g/mol. The lowest BCUT2D eigenvalue weighted by molar-refractivity contribution is 0.102. The number of carbonyl (C=O) groups excluding carboxylic acids is 1. The number of halogens is 2. The molecule has 1 saturated heterocycles. The Kier molecular flexibility index (Phi) is 7.89. The highest BCUT2D eigenvalue weighted by Gasteiger charge is 2.16. The van der Waals surface area contributed by atoms with E-state index in [0.29, 0.717) is 22.4 Å². The van der Waals surface area contributed by atoms with Crippen LogP contribution in [0.15, 0.2) is 24.4 Å². The van der Waals surface area contributed by atoms with Crippen LogP contribution in [-0.4, -0.2) is 47.6 Å². The molecule has 0 aliphatic carbocycles. The number of amides is 1. The van der Waals surface area contributed by atoms with Crippen molar-refractivity contribution in [2.75, 3.05) is 30.9 Å². The third kappa shape index (κ3) is 5.82. The Bertz CT molecular complexity index is 758. The number of hydrogen-bond acceptors (Lipinski definition) is 5. The number of nitrogens with zero attached hydrogens (tertiary/aromatic N) is 4. The molecular formula is C18H26Cl2N6O. The fraction of sp³-hybridized carbons (Fsp3) is 0.500. The molecule has 0 saturated carbocycles.